The highest BCUT2D eigenvalue weighted by molar-refractivity contribution is 7.92. The van der Waals surface area contributed by atoms with E-state index in [2.05, 4.69) is 4.98 Å². The number of amides is 1. The van der Waals surface area contributed by atoms with Gasteiger partial charge in [-0.3, -0.25) is 10.0 Å². The van der Waals surface area contributed by atoms with E-state index in [1.807, 2.05) is 30.3 Å². The van der Waals surface area contributed by atoms with Gasteiger partial charge in [-0.2, -0.15) is 0 Å². The zero-order valence-electron chi connectivity index (χ0n) is 15.5. The van der Waals surface area contributed by atoms with Crippen LogP contribution in [0.1, 0.15) is 30.6 Å². The van der Waals surface area contributed by atoms with Crippen LogP contribution in [-0.4, -0.2) is 30.3 Å². The minimum absolute atomic E-state index is 0.0464. The Hall–Kier alpha value is -2.49. The number of carbonyl (C=O) groups excluding carboxylic acids is 1. The van der Waals surface area contributed by atoms with E-state index in [4.69, 9.17) is 9.62 Å². The summed E-state index contributed by atoms with van der Waals surface area (Å²) in [4.78, 5) is 17.4. The molecule has 1 saturated heterocycles. The molecule has 1 atom stereocenters. The predicted octanol–water partition coefficient (Wildman–Crippen LogP) is 3.76. The van der Waals surface area contributed by atoms with Gasteiger partial charge in [0.15, 0.2) is 22.0 Å². The van der Waals surface area contributed by atoms with Gasteiger partial charge in [-0.25, -0.2) is 18.9 Å². The Morgan fingerprint density at radius 3 is 2.59 bits per heavy atom. The van der Waals surface area contributed by atoms with Gasteiger partial charge in [0.2, 0.25) is 5.91 Å². The molecule has 1 aromatic carbocycles. The molecule has 3 heterocycles. The summed E-state index contributed by atoms with van der Waals surface area (Å²) in [6.45, 7) is 0. The van der Waals surface area contributed by atoms with E-state index in [1.165, 1.54) is 17.7 Å². The maximum atomic E-state index is 13.0. The van der Waals surface area contributed by atoms with Crippen molar-refractivity contribution in [3.8, 4) is 21.8 Å². The van der Waals surface area contributed by atoms with E-state index in [9.17, 15) is 13.2 Å². The van der Waals surface area contributed by atoms with Crippen LogP contribution >= 0.6 is 11.3 Å². The molecule has 0 unspecified atom stereocenters. The fraction of sp³-hybridized carbons (Fsp3) is 0.300. The standard InChI is InChI=1S/C20H20N2O5S2/c23-19(22-24)11-20(9-1-2-10-29(20,25)26)18-8-7-17(28-18)15-5-3-14(4-6-15)16-12-21-13-27-16/h3-8,12-13,24H,1-2,9-11H2,(H,22,23)/t20-/m0/s1. The topological polar surface area (TPSA) is 110 Å². The first-order chi connectivity index (χ1) is 13.9. The molecule has 0 aliphatic carbocycles. The summed E-state index contributed by atoms with van der Waals surface area (Å²) < 4.78 is 30.0. The monoisotopic (exact) mass is 432 g/mol. The Morgan fingerprint density at radius 2 is 1.93 bits per heavy atom. The molecule has 7 nitrogen and oxygen atoms in total. The van der Waals surface area contributed by atoms with Crippen molar-refractivity contribution in [2.75, 3.05) is 5.75 Å². The molecular formula is C20H20N2O5S2. The maximum absolute atomic E-state index is 13.0. The summed E-state index contributed by atoms with van der Waals surface area (Å²) in [5.41, 5.74) is 3.43. The lowest BCUT2D eigenvalue weighted by Crippen LogP contribution is -2.43. The number of sulfone groups is 1. The lowest BCUT2D eigenvalue weighted by Gasteiger charge is -2.35. The Bertz CT molecular complexity index is 1100. The minimum Gasteiger partial charge on any atom is -0.444 e. The molecule has 0 bridgehead atoms. The number of hydrogen-bond donors (Lipinski definition) is 2. The number of rotatable bonds is 5. The number of carbonyl (C=O) groups is 1. The number of thiophene rings is 1. The number of hydrogen-bond acceptors (Lipinski definition) is 7. The molecule has 0 radical (unpaired) electrons. The Labute approximate surface area is 172 Å². The molecule has 152 valence electrons. The third-order valence-electron chi connectivity index (χ3n) is 5.35. The molecule has 2 aromatic heterocycles. The smallest absolute Gasteiger partial charge is 0.245 e. The summed E-state index contributed by atoms with van der Waals surface area (Å²) in [5.74, 6) is 0.0256. The summed E-state index contributed by atoms with van der Waals surface area (Å²) >= 11 is 1.37. The summed E-state index contributed by atoms with van der Waals surface area (Å²) in [6, 6.07) is 11.4. The fourth-order valence-corrected chi connectivity index (χ4v) is 7.59. The Balaban J connectivity index is 1.69. The summed E-state index contributed by atoms with van der Waals surface area (Å²) in [6.07, 6.45) is 4.41. The molecule has 0 spiro atoms. The van der Waals surface area contributed by atoms with Gasteiger partial charge in [0.25, 0.3) is 0 Å². The van der Waals surface area contributed by atoms with Crippen LogP contribution < -0.4 is 5.48 Å². The van der Waals surface area contributed by atoms with Crippen molar-refractivity contribution in [3.05, 3.63) is 53.9 Å². The molecular weight excluding hydrogens is 412 g/mol. The van der Waals surface area contributed by atoms with Crippen molar-refractivity contribution in [1.82, 2.24) is 10.5 Å². The number of hydroxylamine groups is 1. The molecule has 9 heteroatoms. The van der Waals surface area contributed by atoms with Crippen LogP contribution in [0.5, 0.6) is 0 Å². The van der Waals surface area contributed by atoms with Gasteiger partial charge in [-0.05, 0) is 30.5 Å². The summed E-state index contributed by atoms with van der Waals surface area (Å²) in [7, 11) is -3.53. The largest absolute Gasteiger partial charge is 0.444 e. The number of nitrogens with one attached hydrogen (secondary N) is 1. The molecule has 1 aliphatic rings. The SMILES string of the molecule is O=C(C[C@]1(c2ccc(-c3ccc(-c4cnco4)cc3)s2)CCCCS1(=O)=O)NO. The number of oxazole rings is 1. The molecule has 29 heavy (non-hydrogen) atoms. The van der Waals surface area contributed by atoms with Crippen molar-refractivity contribution in [2.45, 2.75) is 30.4 Å². The molecule has 1 aliphatic heterocycles. The maximum Gasteiger partial charge on any atom is 0.245 e. The molecule has 4 rings (SSSR count). The van der Waals surface area contributed by atoms with E-state index < -0.39 is 20.5 Å². The van der Waals surface area contributed by atoms with Crippen molar-refractivity contribution in [3.63, 3.8) is 0 Å². The zero-order valence-corrected chi connectivity index (χ0v) is 17.1. The number of benzene rings is 1. The van der Waals surface area contributed by atoms with Crippen LogP contribution in [0.2, 0.25) is 0 Å². The first kappa shape index (κ1) is 19.8. The second-order valence-corrected chi connectivity index (χ2v) is 10.6. The van der Waals surface area contributed by atoms with Gasteiger partial charge in [-0.15, -0.1) is 11.3 Å². The first-order valence-electron chi connectivity index (χ1n) is 9.20. The van der Waals surface area contributed by atoms with Gasteiger partial charge in [0.1, 0.15) is 4.75 Å². The average molecular weight is 433 g/mol. The van der Waals surface area contributed by atoms with Gasteiger partial charge in [0.05, 0.1) is 18.4 Å². The van der Waals surface area contributed by atoms with Crippen LogP contribution in [0.4, 0.5) is 0 Å². The third kappa shape index (κ3) is 3.61. The molecule has 0 saturated carbocycles. The minimum atomic E-state index is -3.53. The van der Waals surface area contributed by atoms with Crippen LogP contribution in [0.25, 0.3) is 21.8 Å². The predicted molar refractivity (Wildman–Crippen MR) is 109 cm³/mol. The second kappa shape index (κ2) is 7.74. The fourth-order valence-electron chi connectivity index (χ4n) is 3.81. The van der Waals surface area contributed by atoms with E-state index in [-0.39, 0.29) is 12.2 Å². The van der Waals surface area contributed by atoms with Crippen LogP contribution in [-0.2, 0) is 19.4 Å². The van der Waals surface area contributed by atoms with Crippen LogP contribution in [0.15, 0.2) is 53.4 Å². The van der Waals surface area contributed by atoms with Crippen molar-refractivity contribution in [2.24, 2.45) is 0 Å². The van der Waals surface area contributed by atoms with Crippen molar-refractivity contribution < 1.29 is 22.8 Å². The third-order valence-corrected chi connectivity index (χ3v) is 9.40. The van der Waals surface area contributed by atoms with E-state index in [1.54, 1.807) is 17.7 Å². The Kier molecular flexibility index (Phi) is 5.28. The van der Waals surface area contributed by atoms with Gasteiger partial charge >= 0.3 is 0 Å². The molecule has 3 aromatic rings. The highest BCUT2D eigenvalue weighted by Gasteiger charge is 2.49. The van der Waals surface area contributed by atoms with E-state index >= 15 is 0 Å². The average Bonchev–Trinajstić information content (AvgIpc) is 3.42. The second-order valence-electron chi connectivity index (χ2n) is 7.09. The lowest BCUT2D eigenvalue weighted by atomic mass is 9.94. The quantitative estimate of drug-likeness (QED) is 0.469. The van der Waals surface area contributed by atoms with E-state index in [0.29, 0.717) is 23.5 Å². The molecule has 1 amide bonds. The van der Waals surface area contributed by atoms with E-state index in [0.717, 1.165) is 22.4 Å². The van der Waals surface area contributed by atoms with Crippen LogP contribution in [0, 0.1) is 0 Å². The van der Waals surface area contributed by atoms with Gasteiger partial charge < -0.3 is 4.42 Å². The first-order valence-corrected chi connectivity index (χ1v) is 11.7. The number of nitrogens with zero attached hydrogens (tertiary/aromatic N) is 1. The highest BCUT2D eigenvalue weighted by atomic mass is 32.2. The normalized spacial score (nSPS) is 21.0. The van der Waals surface area contributed by atoms with Crippen molar-refractivity contribution >= 4 is 27.1 Å². The summed E-state index contributed by atoms with van der Waals surface area (Å²) in [5, 5.41) is 8.98. The number of aromatic nitrogens is 1. The van der Waals surface area contributed by atoms with Gasteiger partial charge in [0, 0.05) is 15.3 Å². The highest BCUT2D eigenvalue weighted by Crippen LogP contribution is 2.47. The molecule has 1 fully saturated rings. The zero-order chi connectivity index (χ0) is 20.5. The van der Waals surface area contributed by atoms with Crippen molar-refractivity contribution in [1.29, 1.82) is 0 Å². The lowest BCUT2D eigenvalue weighted by molar-refractivity contribution is -0.130. The molecule has 2 N–H and O–H groups in total. The Morgan fingerprint density at radius 1 is 1.17 bits per heavy atom. The van der Waals surface area contributed by atoms with Crippen LogP contribution in [0.3, 0.4) is 0 Å². The van der Waals surface area contributed by atoms with Gasteiger partial charge in [-0.1, -0.05) is 30.7 Å².